The molecule has 0 saturated carbocycles. The molecule has 4 nitrogen and oxygen atoms in total. The Morgan fingerprint density at radius 1 is 0.654 bits per heavy atom. The smallest absolute Gasteiger partial charge is 0.550 e. The zero-order chi connectivity index (χ0) is 17.4. The van der Waals surface area contributed by atoms with E-state index in [0.29, 0.717) is 11.1 Å². The Morgan fingerprint density at radius 3 is 1.08 bits per heavy atom. The Labute approximate surface area is 196 Å². The van der Waals surface area contributed by atoms with Crippen molar-refractivity contribution in [1.29, 1.82) is 0 Å². The molecular formula is C20H16Na2O4. The van der Waals surface area contributed by atoms with Crippen molar-refractivity contribution in [2.45, 2.75) is 25.7 Å². The predicted octanol–water partition coefficient (Wildman–Crippen LogP) is -4.29. The summed E-state index contributed by atoms with van der Waals surface area (Å²) in [5, 5.41) is 25.9. The van der Waals surface area contributed by atoms with Crippen molar-refractivity contribution >= 4 is 33.5 Å². The molecule has 0 aromatic heterocycles. The van der Waals surface area contributed by atoms with E-state index >= 15 is 0 Å². The van der Waals surface area contributed by atoms with Crippen LogP contribution in [0.1, 0.15) is 36.8 Å². The molecule has 0 spiro atoms. The zero-order valence-corrected chi connectivity index (χ0v) is 19.4. The van der Waals surface area contributed by atoms with Crippen LogP contribution in [0.2, 0.25) is 0 Å². The summed E-state index contributed by atoms with van der Waals surface area (Å²) in [7, 11) is 0. The third-order valence-electron chi connectivity index (χ3n) is 4.59. The Balaban J connectivity index is 0.00000169. The van der Waals surface area contributed by atoms with Gasteiger partial charge in [-0.3, -0.25) is 0 Å². The number of hydrogen-bond acceptors (Lipinski definition) is 4. The number of carbonyl (C=O) groups is 2. The molecule has 0 aliphatic rings. The molecule has 0 amide bonds. The summed E-state index contributed by atoms with van der Waals surface area (Å²) in [6.45, 7) is 3.18. The first-order valence-corrected chi connectivity index (χ1v) is 7.78. The van der Waals surface area contributed by atoms with Crippen LogP contribution >= 0.6 is 0 Å². The van der Waals surface area contributed by atoms with Gasteiger partial charge in [-0.05, 0) is 32.7 Å². The molecule has 0 N–H and O–H groups in total. The van der Waals surface area contributed by atoms with Crippen molar-refractivity contribution in [3.63, 3.8) is 0 Å². The van der Waals surface area contributed by atoms with Gasteiger partial charge in [0.25, 0.3) is 0 Å². The van der Waals surface area contributed by atoms with E-state index in [0.717, 1.165) is 21.5 Å². The molecule has 26 heavy (non-hydrogen) atoms. The molecule has 0 fully saturated rings. The number of carbonyl (C=O) groups excluding carboxylic acids is 2. The van der Waals surface area contributed by atoms with Gasteiger partial charge in [0.05, 0.1) is 0 Å². The molecule has 0 radical (unpaired) electrons. The van der Waals surface area contributed by atoms with E-state index in [1.165, 1.54) is 0 Å². The van der Waals surface area contributed by atoms with Crippen LogP contribution in [-0.2, 0) is 9.59 Å². The molecule has 3 aromatic rings. The van der Waals surface area contributed by atoms with E-state index in [4.69, 9.17) is 0 Å². The van der Waals surface area contributed by atoms with E-state index in [2.05, 4.69) is 0 Å². The van der Waals surface area contributed by atoms with Gasteiger partial charge in [-0.15, -0.1) is 0 Å². The minimum Gasteiger partial charge on any atom is -0.550 e. The van der Waals surface area contributed by atoms with E-state index in [1.54, 1.807) is 13.8 Å². The summed E-state index contributed by atoms with van der Waals surface area (Å²) >= 11 is 0. The molecule has 2 atom stereocenters. The van der Waals surface area contributed by atoms with Crippen molar-refractivity contribution < 1.29 is 78.9 Å². The normalized spacial score (nSPS) is 12.7. The van der Waals surface area contributed by atoms with Crippen molar-refractivity contribution in [1.82, 2.24) is 0 Å². The molecule has 0 saturated heterocycles. The molecule has 0 heterocycles. The monoisotopic (exact) mass is 366 g/mol. The Kier molecular flexibility index (Phi) is 8.33. The number of rotatable bonds is 4. The van der Waals surface area contributed by atoms with Gasteiger partial charge in [-0.1, -0.05) is 62.4 Å². The van der Waals surface area contributed by atoms with Crippen molar-refractivity contribution in [3.05, 3.63) is 59.7 Å². The third-order valence-corrected chi connectivity index (χ3v) is 4.59. The van der Waals surface area contributed by atoms with E-state index in [1.807, 2.05) is 48.5 Å². The van der Waals surface area contributed by atoms with Gasteiger partial charge < -0.3 is 19.8 Å². The number of carboxylic acids is 2. The quantitative estimate of drug-likeness (QED) is 0.346. The molecule has 6 heteroatoms. The van der Waals surface area contributed by atoms with Crippen LogP contribution in [0.15, 0.2) is 48.5 Å². The maximum absolute atomic E-state index is 11.5. The molecule has 0 bridgehead atoms. The molecular weight excluding hydrogens is 350 g/mol. The summed E-state index contributed by atoms with van der Waals surface area (Å²) in [5.41, 5.74) is 1.30. The second-order valence-electron chi connectivity index (χ2n) is 6.00. The fraction of sp³-hybridized carbons (Fsp3) is 0.200. The summed E-state index contributed by atoms with van der Waals surface area (Å²) in [6.07, 6.45) is 0. The first kappa shape index (κ1) is 23.2. The minimum atomic E-state index is -1.16. The predicted molar refractivity (Wildman–Crippen MR) is 88.3 cm³/mol. The van der Waals surface area contributed by atoms with Crippen LogP contribution in [-0.4, -0.2) is 11.9 Å². The van der Waals surface area contributed by atoms with Gasteiger partial charge >= 0.3 is 59.1 Å². The van der Waals surface area contributed by atoms with Crippen LogP contribution in [0.5, 0.6) is 0 Å². The first-order chi connectivity index (χ1) is 11.4. The fourth-order valence-electron chi connectivity index (χ4n) is 3.36. The zero-order valence-electron chi connectivity index (χ0n) is 15.4. The van der Waals surface area contributed by atoms with Gasteiger partial charge in [0.1, 0.15) is 0 Å². The molecule has 0 aliphatic heterocycles. The average molecular weight is 366 g/mol. The van der Waals surface area contributed by atoms with Crippen LogP contribution in [0.25, 0.3) is 21.5 Å². The van der Waals surface area contributed by atoms with Gasteiger partial charge in [-0.25, -0.2) is 0 Å². The Bertz CT molecular complexity index is 834. The van der Waals surface area contributed by atoms with Crippen molar-refractivity contribution in [3.8, 4) is 0 Å². The van der Waals surface area contributed by atoms with Crippen LogP contribution in [0, 0.1) is 0 Å². The molecule has 122 valence electrons. The number of carboxylic acid groups (broad SMARTS) is 2. The Hall–Kier alpha value is -0.880. The second kappa shape index (κ2) is 9.36. The van der Waals surface area contributed by atoms with Gasteiger partial charge in [0.15, 0.2) is 0 Å². The van der Waals surface area contributed by atoms with Gasteiger partial charge in [-0.2, -0.15) is 0 Å². The van der Waals surface area contributed by atoms with Gasteiger partial charge in [0.2, 0.25) is 0 Å². The maximum Gasteiger partial charge on any atom is 1.00 e. The van der Waals surface area contributed by atoms with Gasteiger partial charge in [0, 0.05) is 23.8 Å². The molecule has 3 aromatic carbocycles. The molecule has 2 unspecified atom stereocenters. The molecule has 0 aliphatic carbocycles. The average Bonchev–Trinajstić information content (AvgIpc) is 2.58. The number of hydrogen-bond donors (Lipinski definition) is 0. The Morgan fingerprint density at radius 2 is 0.885 bits per heavy atom. The first-order valence-electron chi connectivity index (χ1n) is 7.78. The van der Waals surface area contributed by atoms with E-state index in [9.17, 15) is 19.8 Å². The second-order valence-corrected chi connectivity index (χ2v) is 6.00. The third kappa shape index (κ3) is 4.01. The van der Waals surface area contributed by atoms with Crippen molar-refractivity contribution in [2.75, 3.05) is 0 Å². The summed E-state index contributed by atoms with van der Waals surface area (Å²) in [4.78, 5) is 23.0. The summed E-state index contributed by atoms with van der Waals surface area (Å²) in [5.74, 6) is -3.95. The summed E-state index contributed by atoms with van der Waals surface area (Å²) in [6, 6.07) is 14.5. The number of fused-ring (bicyclic) bond motifs is 2. The van der Waals surface area contributed by atoms with Crippen LogP contribution in [0.3, 0.4) is 0 Å². The SMILES string of the molecule is CC(C(=O)[O-])c1c2ccccc2c(C(C)C(=O)[O-])c2ccccc12.[Na+].[Na+]. The van der Waals surface area contributed by atoms with Crippen LogP contribution < -0.4 is 69.3 Å². The largest absolute Gasteiger partial charge is 1.00 e. The standard InChI is InChI=1S/C20H18O4.2Na/c1-11(19(21)22)17-13-7-3-5-9-15(13)18(12(2)20(23)24)16-10-6-4-8-14(16)17;;/h3-12H,1-2H3,(H,21,22)(H,23,24);;/q;2*+1/p-2. The van der Waals surface area contributed by atoms with Crippen molar-refractivity contribution in [2.24, 2.45) is 0 Å². The van der Waals surface area contributed by atoms with E-state index in [-0.39, 0.29) is 59.1 Å². The fourth-order valence-corrected chi connectivity index (χ4v) is 3.36. The maximum atomic E-state index is 11.5. The molecule has 3 rings (SSSR count). The van der Waals surface area contributed by atoms with Crippen LogP contribution in [0.4, 0.5) is 0 Å². The summed E-state index contributed by atoms with van der Waals surface area (Å²) < 4.78 is 0. The number of aliphatic carboxylic acids is 2. The minimum absolute atomic E-state index is 0. The topological polar surface area (TPSA) is 80.3 Å². The number of benzene rings is 3. The van der Waals surface area contributed by atoms with E-state index < -0.39 is 23.8 Å².